The Morgan fingerprint density at radius 3 is 1.12 bits per heavy atom. The summed E-state index contributed by atoms with van der Waals surface area (Å²) in [7, 11) is 5.75. The van der Waals surface area contributed by atoms with E-state index in [9.17, 15) is 28.8 Å². The third-order valence-electron chi connectivity index (χ3n) is 10.0. The number of ketones is 4. The fourth-order valence-corrected chi connectivity index (χ4v) is 7.04. The molecule has 0 radical (unpaired) electrons. The normalized spacial score (nSPS) is 12.6. The van der Waals surface area contributed by atoms with Crippen molar-refractivity contribution in [1.29, 1.82) is 0 Å². The minimum absolute atomic E-state index is 0.00625. The second-order valence-electron chi connectivity index (χ2n) is 13.5. The summed E-state index contributed by atoms with van der Waals surface area (Å²) in [5.41, 5.74) is 1.12. The van der Waals surface area contributed by atoms with Crippen molar-refractivity contribution >= 4 is 35.1 Å². The first kappa shape index (κ1) is 39.4. The number of unbranched alkanes of at least 4 members (excludes halogenated alkanes) is 7. The SMILES string of the molecule is COc1ccc2c(c1)C(=O)c1ccc(OC)c(OC(=O)CCCCCCCCCCC(=O)Oc3c(OC)ccc4c3C(=O)c3ccc(OC)cc3C4=O)c1C2=O. The molecule has 0 fully saturated rings. The standard InChI is InChI=1S/C44H42O12/c1-51-25-15-17-27-31(23-25)39(47)29-19-21-33(53-3)43(37(29)41(27)49)55-35(45)13-11-9-7-5-6-8-10-12-14-36(46)56-44-34(54-4)22-20-30-38(44)42(50)28-18-16-26(52-2)24-32(28)40(30)48/h15-24H,5-14H2,1-4H3. The van der Waals surface area contributed by atoms with Crippen molar-refractivity contribution in [2.45, 2.75) is 64.2 Å². The highest BCUT2D eigenvalue weighted by Gasteiger charge is 2.36. The summed E-state index contributed by atoms with van der Waals surface area (Å²) in [5.74, 6) is -1.52. The van der Waals surface area contributed by atoms with E-state index in [0.29, 0.717) is 24.3 Å². The molecule has 12 nitrogen and oxygen atoms in total. The summed E-state index contributed by atoms with van der Waals surface area (Å²) in [5, 5.41) is 0. The van der Waals surface area contributed by atoms with E-state index >= 15 is 0 Å². The Morgan fingerprint density at radius 2 is 0.768 bits per heavy atom. The van der Waals surface area contributed by atoms with Gasteiger partial charge in [-0.05, 0) is 73.5 Å². The summed E-state index contributed by atoms with van der Waals surface area (Å²) >= 11 is 0. The van der Waals surface area contributed by atoms with Crippen LogP contribution in [-0.4, -0.2) is 63.5 Å². The maximum Gasteiger partial charge on any atom is 0.311 e. The first-order valence-corrected chi connectivity index (χ1v) is 18.5. The Kier molecular flexibility index (Phi) is 12.3. The molecule has 0 saturated carbocycles. The van der Waals surface area contributed by atoms with E-state index in [2.05, 4.69) is 0 Å². The Balaban J connectivity index is 0.925. The van der Waals surface area contributed by atoms with Crippen molar-refractivity contribution in [3.05, 3.63) is 105 Å². The van der Waals surface area contributed by atoms with Crippen molar-refractivity contribution in [1.82, 2.24) is 0 Å². The molecule has 0 spiro atoms. The summed E-state index contributed by atoms with van der Waals surface area (Å²) in [4.78, 5) is 79.4. The van der Waals surface area contributed by atoms with Crippen LogP contribution in [0.2, 0.25) is 0 Å². The van der Waals surface area contributed by atoms with Crippen LogP contribution in [0.1, 0.15) is 128 Å². The van der Waals surface area contributed by atoms with Gasteiger partial charge in [-0.2, -0.15) is 0 Å². The predicted molar refractivity (Wildman–Crippen MR) is 203 cm³/mol. The molecule has 0 heterocycles. The molecular formula is C44H42O12. The van der Waals surface area contributed by atoms with Gasteiger partial charge < -0.3 is 28.4 Å². The third-order valence-corrected chi connectivity index (χ3v) is 10.0. The van der Waals surface area contributed by atoms with E-state index in [1.54, 1.807) is 12.1 Å². The van der Waals surface area contributed by atoms with Crippen molar-refractivity contribution in [3.63, 3.8) is 0 Å². The minimum atomic E-state index is -0.528. The van der Waals surface area contributed by atoms with Gasteiger partial charge in [-0.15, -0.1) is 0 Å². The number of fused-ring (bicyclic) bond motifs is 4. The summed E-state index contributed by atoms with van der Waals surface area (Å²) in [6.07, 6.45) is 6.68. The van der Waals surface area contributed by atoms with Crippen LogP contribution in [-0.2, 0) is 9.59 Å². The van der Waals surface area contributed by atoms with Gasteiger partial charge in [0.05, 0.1) is 39.6 Å². The van der Waals surface area contributed by atoms with Gasteiger partial charge in [0.1, 0.15) is 11.5 Å². The van der Waals surface area contributed by atoms with Gasteiger partial charge in [-0.25, -0.2) is 0 Å². The molecule has 56 heavy (non-hydrogen) atoms. The summed E-state index contributed by atoms with van der Waals surface area (Å²) < 4.78 is 32.6. The number of benzene rings is 4. The molecule has 2 aliphatic carbocycles. The zero-order valence-electron chi connectivity index (χ0n) is 31.7. The van der Waals surface area contributed by atoms with Gasteiger partial charge in [0.15, 0.2) is 46.1 Å². The molecule has 0 atom stereocenters. The molecule has 0 amide bonds. The smallest absolute Gasteiger partial charge is 0.311 e. The maximum atomic E-state index is 13.5. The quantitative estimate of drug-likeness (QED) is 0.0508. The highest BCUT2D eigenvalue weighted by molar-refractivity contribution is 6.30. The molecule has 4 aromatic carbocycles. The van der Waals surface area contributed by atoms with Gasteiger partial charge in [-0.1, -0.05) is 38.5 Å². The van der Waals surface area contributed by atoms with Crippen molar-refractivity contribution in [3.8, 4) is 34.5 Å². The summed E-state index contributed by atoms with van der Waals surface area (Å²) in [6.45, 7) is 0. The number of carbonyl (C=O) groups excluding carboxylic acids is 6. The zero-order valence-corrected chi connectivity index (χ0v) is 31.7. The molecule has 290 valence electrons. The van der Waals surface area contributed by atoms with E-state index in [-0.39, 0.29) is 91.9 Å². The summed E-state index contributed by atoms with van der Waals surface area (Å²) in [6, 6.07) is 15.3. The highest BCUT2D eigenvalue weighted by Crippen LogP contribution is 2.42. The number of hydrogen-bond donors (Lipinski definition) is 0. The maximum absolute atomic E-state index is 13.5. The van der Waals surface area contributed by atoms with Crippen molar-refractivity contribution < 1.29 is 57.2 Å². The lowest BCUT2D eigenvalue weighted by molar-refractivity contribution is -0.135. The van der Waals surface area contributed by atoms with E-state index in [1.807, 2.05) is 0 Å². The third kappa shape index (κ3) is 7.91. The van der Waals surface area contributed by atoms with Crippen LogP contribution in [0.3, 0.4) is 0 Å². The lowest BCUT2D eigenvalue weighted by Crippen LogP contribution is -2.23. The van der Waals surface area contributed by atoms with Crippen molar-refractivity contribution in [2.24, 2.45) is 0 Å². The molecule has 0 saturated heterocycles. The molecule has 0 aromatic heterocycles. The number of methoxy groups -OCH3 is 4. The number of hydrogen-bond acceptors (Lipinski definition) is 12. The lowest BCUT2D eigenvalue weighted by atomic mass is 9.83. The van der Waals surface area contributed by atoms with Crippen LogP contribution in [0.4, 0.5) is 0 Å². The fraction of sp³-hybridized carbons (Fsp3) is 0.318. The highest BCUT2D eigenvalue weighted by atomic mass is 16.6. The fourth-order valence-electron chi connectivity index (χ4n) is 7.04. The van der Waals surface area contributed by atoms with Gasteiger partial charge >= 0.3 is 11.9 Å². The zero-order chi connectivity index (χ0) is 39.9. The Hall–Kier alpha value is -6.30. The molecule has 6 rings (SSSR count). The van der Waals surface area contributed by atoms with Crippen LogP contribution in [0.15, 0.2) is 60.7 Å². The number of carbonyl (C=O) groups is 6. The Labute approximate surface area is 324 Å². The molecule has 0 bridgehead atoms. The second kappa shape index (κ2) is 17.4. The number of ether oxygens (including phenoxy) is 6. The molecule has 4 aromatic rings. The van der Waals surface area contributed by atoms with Gasteiger partial charge in [0, 0.05) is 46.2 Å². The molecule has 0 unspecified atom stereocenters. The molecule has 12 heteroatoms. The molecule has 0 N–H and O–H groups in total. The van der Waals surface area contributed by atoms with Gasteiger partial charge in [0.25, 0.3) is 0 Å². The first-order valence-electron chi connectivity index (χ1n) is 18.5. The van der Waals surface area contributed by atoms with Crippen LogP contribution in [0.25, 0.3) is 0 Å². The Bertz CT molecular complexity index is 2080. The van der Waals surface area contributed by atoms with Crippen molar-refractivity contribution in [2.75, 3.05) is 28.4 Å². The molecule has 0 aliphatic heterocycles. The minimum Gasteiger partial charge on any atom is -0.497 e. The van der Waals surface area contributed by atoms with Gasteiger partial charge in [0.2, 0.25) is 0 Å². The lowest BCUT2D eigenvalue weighted by Gasteiger charge is -2.21. The predicted octanol–water partition coefficient (Wildman–Crippen LogP) is 7.68. The average molecular weight is 763 g/mol. The van der Waals surface area contributed by atoms with E-state index < -0.39 is 23.5 Å². The second-order valence-corrected chi connectivity index (χ2v) is 13.5. The van der Waals surface area contributed by atoms with Crippen LogP contribution < -0.4 is 28.4 Å². The number of esters is 2. The van der Waals surface area contributed by atoms with E-state index in [1.165, 1.54) is 77.0 Å². The van der Waals surface area contributed by atoms with E-state index in [4.69, 9.17) is 28.4 Å². The van der Waals surface area contributed by atoms with E-state index in [0.717, 1.165) is 38.5 Å². The topological polar surface area (TPSA) is 158 Å². The van der Waals surface area contributed by atoms with Gasteiger partial charge in [-0.3, -0.25) is 28.8 Å². The molecular weight excluding hydrogens is 720 g/mol. The van der Waals surface area contributed by atoms with Crippen LogP contribution >= 0.6 is 0 Å². The molecule has 2 aliphatic rings. The Morgan fingerprint density at radius 1 is 0.411 bits per heavy atom. The first-order chi connectivity index (χ1) is 27.1. The largest absolute Gasteiger partial charge is 0.497 e. The number of rotatable bonds is 17. The average Bonchev–Trinajstić information content (AvgIpc) is 3.21. The van der Waals surface area contributed by atoms with Crippen LogP contribution in [0.5, 0.6) is 34.5 Å². The van der Waals surface area contributed by atoms with Crippen LogP contribution in [0, 0.1) is 0 Å². The monoisotopic (exact) mass is 762 g/mol.